The molecule has 0 saturated carbocycles. The van der Waals surface area contributed by atoms with Crippen LogP contribution in [-0.2, 0) is 22.7 Å². The summed E-state index contributed by atoms with van der Waals surface area (Å²) in [6.07, 6.45) is 43.0. The zero-order valence-corrected chi connectivity index (χ0v) is 82.3. The molecule has 0 spiro atoms. The molecule has 24 aromatic rings. The van der Waals surface area contributed by atoms with Crippen molar-refractivity contribution in [2.24, 2.45) is 5.41 Å². The summed E-state index contributed by atoms with van der Waals surface area (Å²) in [5.74, 6) is 2.26. The molecular weight excluding hydrogens is 1950 g/mol. The molecule has 10 N–H and O–H groups in total. The maximum absolute atomic E-state index is 13.7. The van der Waals surface area contributed by atoms with Crippen molar-refractivity contribution in [1.29, 1.82) is 0 Å². The van der Waals surface area contributed by atoms with Crippen molar-refractivity contribution >= 4 is 157 Å². The van der Waals surface area contributed by atoms with Gasteiger partial charge in [0.25, 0.3) is 0 Å². The van der Waals surface area contributed by atoms with Gasteiger partial charge in [-0.15, -0.1) is 45.3 Å². The number of likely N-dealkylation sites (tertiary alicyclic amines) is 2. The van der Waals surface area contributed by atoms with Crippen molar-refractivity contribution in [1.82, 2.24) is 150 Å². The second-order valence-electron chi connectivity index (χ2n) is 36.9. The first-order valence-corrected chi connectivity index (χ1v) is 50.6. The number of halogens is 4. The maximum atomic E-state index is 13.7. The first kappa shape index (κ1) is 93.6. The van der Waals surface area contributed by atoms with Crippen LogP contribution in [0.2, 0.25) is 0 Å². The Bertz CT molecular complexity index is 9060. The van der Waals surface area contributed by atoms with E-state index in [1.165, 1.54) is 67.5 Å². The fraction of sp³-hybridized carbons (Fsp3) is 0.181. The molecule has 26 rings (SSSR count). The maximum Gasteiger partial charge on any atom is 0.224 e. The highest BCUT2D eigenvalue weighted by Crippen LogP contribution is 2.43. The van der Waals surface area contributed by atoms with Crippen LogP contribution >= 0.6 is 45.3 Å². The fourth-order valence-corrected chi connectivity index (χ4v) is 21.2. The molecule has 26 heterocycles. The van der Waals surface area contributed by atoms with E-state index in [0.717, 1.165) is 243 Å². The van der Waals surface area contributed by atoms with Gasteiger partial charge in [-0.1, -0.05) is 34.1 Å². The summed E-state index contributed by atoms with van der Waals surface area (Å²) < 4.78 is 54.7. The van der Waals surface area contributed by atoms with Crippen molar-refractivity contribution < 1.29 is 27.2 Å². The number of hydrogen-bond acceptors (Lipinski definition) is 28. The molecule has 0 aromatic carbocycles. The lowest BCUT2D eigenvalue weighted by molar-refractivity contribution is -0.118. The molecule has 147 heavy (non-hydrogen) atoms. The van der Waals surface area contributed by atoms with Crippen LogP contribution in [-0.4, -0.2) is 188 Å². The van der Waals surface area contributed by atoms with Crippen LogP contribution < -0.4 is 10.6 Å². The summed E-state index contributed by atoms with van der Waals surface area (Å²) in [5.41, 5.74) is 24.7. The van der Waals surface area contributed by atoms with Gasteiger partial charge >= 0.3 is 0 Å². The number of nitrogens with one attached hydrogen (secondary N) is 10. The number of H-pyrrole nitrogens is 8. The Labute approximate surface area is 848 Å². The molecular formula is C105H86F4N32O2S4. The quantitative estimate of drug-likeness (QED) is 0.0299. The molecule has 2 amide bonds. The van der Waals surface area contributed by atoms with E-state index in [9.17, 15) is 27.2 Å². The molecule has 2 saturated heterocycles. The number of thiophene rings is 4. The third kappa shape index (κ3) is 20.0. The zero-order chi connectivity index (χ0) is 99.9. The highest BCUT2D eigenvalue weighted by molar-refractivity contribution is 7.15. The van der Waals surface area contributed by atoms with Crippen LogP contribution in [0.5, 0.6) is 0 Å². The van der Waals surface area contributed by atoms with E-state index in [-0.39, 0.29) is 37.8 Å². The Kier molecular flexibility index (Phi) is 25.6. The van der Waals surface area contributed by atoms with Gasteiger partial charge in [0.15, 0.2) is 66.4 Å². The van der Waals surface area contributed by atoms with E-state index in [2.05, 4.69) is 165 Å². The molecule has 0 atom stereocenters. The minimum Gasteiger partial charge on any atom is -0.335 e. The van der Waals surface area contributed by atoms with Crippen LogP contribution in [0.1, 0.15) is 90.2 Å². The second-order valence-corrected chi connectivity index (χ2v) is 41.0. The molecule has 730 valence electrons. The Morgan fingerprint density at radius 3 is 0.925 bits per heavy atom. The number of pyridine rings is 12. The van der Waals surface area contributed by atoms with Gasteiger partial charge in [-0.3, -0.25) is 79.7 Å². The molecule has 34 nitrogen and oxygen atoms in total. The highest BCUT2D eigenvalue weighted by atomic mass is 32.1. The lowest BCUT2D eigenvalue weighted by Crippen LogP contribution is -2.29. The Morgan fingerprint density at radius 2 is 0.626 bits per heavy atom. The van der Waals surface area contributed by atoms with Crippen molar-refractivity contribution in [2.45, 2.75) is 92.2 Å². The number of hydrogen-bond donors (Lipinski definition) is 10. The van der Waals surface area contributed by atoms with E-state index in [4.69, 9.17) is 19.9 Å². The molecule has 42 heteroatoms. The number of anilines is 2. The zero-order valence-electron chi connectivity index (χ0n) is 79.0. The van der Waals surface area contributed by atoms with E-state index in [0.29, 0.717) is 92.5 Å². The van der Waals surface area contributed by atoms with Crippen molar-refractivity contribution in [3.63, 3.8) is 0 Å². The summed E-state index contributed by atoms with van der Waals surface area (Å²) in [7, 11) is 0. The molecule has 2 aliphatic heterocycles. The predicted octanol–water partition coefficient (Wildman–Crippen LogP) is 23.0. The molecule has 2 fully saturated rings. The molecule has 2 aliphatic rings. The van der Waals surface area contributed by atoms with Gasteiger partial charge in [0.1, 0.15) is 44.8 Å². The first-order chi connectivity index (χ1) is 71.7. The van der Waals surface area contributed by atoms with Gasteiger partial charge < -0.3 is 30.6 Å². The van der Waals surface area contributed by atoms with Gasteiger partial charge in [-0.2, -0.15) is 38.0 Å². The first-order valence-electron chi connectivity index (χ1n) is 47.3. The van der Waals surface area contributed by atoms with Gasteiger partial charge in [-0.05, 0) is 172 Å². The summed E-state index contributed by atoms with van der Waals surface area (Å²) >= 11 is 4.25. The minimum atomic E-state index is -0.266. The molecule has 0 aliphatic carbocycles. The standard InChI is InChI=1S/C27H23FN8OS.C27H23FN8S.C26H21FN8S.C25H19FN8OS/c1-27(2,3)8-22(37)32-16-6-14(9-29-11-16)15-7-17-24(35-36-25(17)31-10-15)26-33-19-13-30-12-18(23(19)34-26)20-4-5-21(28)38-20;28-23-5-4-22(37-23)20-13-30-14-21-24(20)33-27(32-21)25-19-9-18(12-31-26(19)35-34-25)17-8-16(10-29-11-17)15-36-6-2-1-3-7-36;27-22-4-3-21(36-22)19-12-29-13-20-23(19)32-26(31-20)24-18-8-17(11-30-25(18)34-33-24)16-7-15(9-28-10-16)14-35-5-1-2-6-35;1-2-3-21(35)30-15-6-13(8-27-10-15)14-7-16-23(33-34-24(16)29-9-14)25-31-18-12-28-11-17(22(18)32-25)19-4-5-20(26)36-19/h4-7,9-13H,8H2,1-3H3,(H,32,37)(H,33,34)(H,31,35,36);4-5,8-14H,1-3,6-7,15H2,(H,32,33)(H,31,34,35);3-4,7-13H,1-2,5-6,14H2,(H,31,32)(H,30,33,34);4-12H,2-3H2,1H3,(H,30,35)(H,31,32)(H,29,33,34). The van der Waals surface area contributed by atoms with Crippen LogP contribution in [0.3, 0.4) is 0 Å². The van der Waals surface area contributed by atoms with Crippen LogP contribution in [0.4, 0.5) is 28.9 Å². The topological polar surface area (TPSA) is 449 Å². The number of imidazole rings is 4. The summed E-state index contributed by atoms with van der Waals surface area (Å²) in [5, 5.41) is 37.7. The number of fused-ring (bicyclic) bond motifs is 8. The molecule has 0 bridgehead atoms. The number of aromatic nitrogens is 28. The van der Waals surface area contributed by atoms with Crippen molar-refractivity contribution in [2.75, 3.05) is 36.8 Å². The van der Waals surface area contributed by atoms with Gasteiger partial charge in [-0.25, -0.2) is 39.9 Å². The average molecular weight is 2030 g/mol. The number of amides is 2. The number of piperidine rings is 1. The lowest BCUT2D eigenvalue weighted by atomic mass is 9.92. The number of carbonyl (C=O) groups excluding carboxylic acids is 2. The number of rotatable bonds is 21. The molecule has 0 radical (unpaired) electrons. The smallest absolute Gasteiger partial charge is 0.224 e. The number of aromatic amines is 8. The fourth-order valence-electron chi connectivity index (χ4n) is 18.2. The third-order valence-electron chi connectivity index (χ3n) is 25.1. The predicted molar refractivity (Wildman–Crippen MR) is 563 cm³/mol. The van der Waals surface area contributed by atoms with Gasteiger partial charge in [0.05, 0.1) is 92.2 Å². The summed E-state index contributed by atoms with van der Waals surface area (Å²) in [4.78, 5) is 118. The van der Waals surface area contributed by atoms with E-state index >= 15 is 0 Å². The Balaban J connectivity index is 0.000000108. The highest BCUT2D eigenvalue weighted by Gasteiger charge is 2.27. The largest absolute Gasteiger partial charge is 0.335 e. The van der Waals surface area contributed by atoms with Crippen molar-refractivity contribution in [3.8, 4) is 132 Å². The molecule has 0 unspecified atom stereocenters. The Hall–Kier alpha value is -17.1. The van der Waals surface area contributed by atoms with Crippen LogP contribution in [0.15, 0.2) is 221 Å². The van der Waals surface area contributed by atoms with E-state index in [1.807, 2.05) is 89.1 Å². The SMILES string of the molecule is CC(C)(C)CC(=O)Nc1cncc(-c2cnc3n[nH]c(-c4nc5c(-c6ccc(F)s6)cncc5[nH]4)c3c2)c1.CCCC(=O)Nc1cncc(-c2cnc3n[nH]c(-c4nc5c(-c6ccc(F)s6)cncc5[nH]4)c3c2)c1.Fc1ccc(-c2cncc3[nH]c(-c4[nH]nc5ncc(-c6cncc(CN7CCCC7)c6)cc45)nc23)s1.Fc1ccc(-c2cncc3[nH]c(-c4[nH]nc5ncc(-c6cncc(CN7CCCCC7)c6)cc45)nc23)s1. The van der Waals surface area contributed by atoms with E-state index in [1.54, 1.807) is 111 Å². The summed E-state index contributed by atoms with van der Waals surface area (Å²) in [6.45, 7) is 14.4. The van der Waals surface area contributed by atoms with Crippen LogP contribution in [0, 0.1) is 25.9 Å². The van der Waals surface area contributed by atoms with E-state index < -0.39 is 0 Å². The van der Waals surface area contributed by atoms with Gasteiger partial charge in [0.2, 0.25) is 11.8 Å². The lowest BCUT2D eigenvalue weighted by Gasteiger charge is -2.26. The normalized spacial score (nSPS) is 13.1. The minimum absolute atomic E-state index is 0.0498. The molecule has 24 aromatic heterocycles. The summed E-state index contributed by atoms with van der Waals surface area (Å²) in [6, 6.07) is 28.9. The van der Waals surface area contributed by atoms with Gasteiger partial charge in [0, 0.05) is 199 Å². The second kappa shape index (κ2) is 40.3. The number of carbonyl (C=O) groups is 2. The van der Waals surface area contributed by atoms with Crippen molar-refractivity contribution in [3.05, 3.63) is 253 Å². The average Bonchev–Trinajstić information content (AvgIpc) is 1.63. The number of nitrogens with zero attached hydrogens (tertiary/aromatic N) is 22. The monoisotopic (exact) mass is 2030 g/mol. The van der Waals surface area contributed by atoms with Crippen LogP contribution in [0.25, 0.3) is 221 Å². The Morgan fingerprint density at radius 1 is 0.340 bits per heavy atom. The third-order valence-corrected chi connectivity index (χ3v) is 28.7.